The third-order valence-corrected chi connectivity index (χ3v) is 3.78. The first-order chi connectivity index (χ1) is 8.63. The highest BCUT2D eigenvalue weighted by Gasteiger charge is 2.28. The van der Waals surface area contributed by atoms with Crippen LogP contribution in [0.3, 0.4) is 0 Å². The lowest BCUT2D eigenvalue weighted by Crippen LogP contribution is -2.53. The number of benzene rings is 1. The molecule has 1 aromatic carbocycles. The Bertz CT molecular complexity index is 602. The Morgan fingerprint density at radius 1 is 1.50 bits per heavy atom. The summed E-state index contributed by atoms with van der Waals surface area (Å²) in [6.45, 7) is 0.930. The zero-order valence-corrected chi connectivity index (χ0v) is 11.3. The summed E-state index contributed by atoms with van der Waals surface area (Å²) in [4.78, 5) is 16.8. The number of aliphatic hydroxyl groups excluding tert-OH is 1. The Hall–Kier alpha value is -1.33. The van der Waals surface area contributed by atoms with Crippen molar-refractivity contribution in [3.63, 3.8) is 0 Å². The average molecular weight is 309 g/mol. The predicted molar refractivity (Wildman–Crippen MR) is 72.3 cm³/mol. The van der Waals surface area contributed by atoms with Crippen LogP contribution in [-0.4, -0.2) is 40.1 Å². The second-order valence-corrected chi connectivity index (χ2v) is 5.55. The van der Waals surface area contributed by atoms with Crippen molar-refractivity contribution >= 4 is 32.7 Å². The summed E-state index contributed by atoms with van der Waals surface area (Å²) in [7, 11) is 0. The van der Waals surface area contributed by atoms with Crippen molar-refractivity contribution in [3.05, 3.63) is 34.4 Å². The molecule has 0 saturated carbocycles. The number of carbonyl (C=O) groups excluding carboxylic acids is 1. The molecule has 1 aromatic heterocycles. The van der Waals surface area contributed by atoms with Gasteiger partial charge in [0.1, 0.15) is 0 Å². The molecule has 3 rings (SSSR count). The van der Waals surface area contributed by atoms with E-state index in [0.717, 1.165) is 20.9 Å². The molecule has 18 heavy (non-hydrogen) atoms. The molecule has 1 saturated heterocycles. The van der Waals surface area contributed by atoms with E-state index in [2.05, 4.69) is 20.9 Å². The minimum Gasteiger partial charge on any atom is -0.389 e. The smallest absolute Gasteiger partial charge is 0.227 e. The molecule has 0 aliphatic carbocycles. The van der Waals surface area contributed by atoms with E-state index in [1.54, 1.807) is 4.90 Å². The number of β-amino-alcohol motifs (C(OH)–C–C–N with tert-alkyl or cyclic N) is 1. The van der Waals surface area contributed by atoms with Crippen LogP contribution in [0.25, 0.3) is 10.9 Å². The lowest BCUT2D eigenvalue weighted by atomic mass is 10.1. The van der Waals surface area contributed by atoms with Crippen LogP contribution < -0.4 is 0 Å². The number of halogens is 1. The molecule has 0 bridgehead atoms. The van der Waals surface area contributed by atoms with Crippen molar-refractivity contribution in [3.8, 4) is 0 Å². The van der Waals surface area contributed by atoms with Crippen LogP contribution in [0.2, 0.25) is 0 Å². The number of nitrogens with one attached hydrogen (secondary N) is 1. The molecule has 1 fully saturated rings. The summed E-state index contributed by atoms with van der Waals surface area (Å²) in [5.74, 6) is 0.0733. The van der Waals surface area contributed by atoms with Gasteiger partial charge in [0.2, 0.25) is 5.91 Å². The molecule has 94 valence electrons. The number of aromatic nitrogens is 1. The molecule has 2 heterocycles. The maximum Gasteiger partial charge on any atom is 0.227 e. The Morgan fingerprint density at radius 3 is 3.00 bits per heavy atom. The fraction of sp³-hybridized carbons (Fsp3) is 0.308. The van der Waals surface area contributed by atoms with Gasteiger partial charge in [0.15, 0.2) is 0 Å². The first-order valence-electron chi connectivity index (χ1n) is 5.85. The molecular formula is C13H13BrN2O2. The number of amides is 1. The van der Waals surface area contributed by atoms with Gasteiger partial charge in [-0.25, -0.2) is 0 Å². The topological polar surface area (TPSA) is 56.3 Å². The number of carbonyl (C=O) groups is 1. The quantitative estimate of drug-likeness (QED) is 0.887. The van der Waals surface area contributed by atoms with Gasteiger partial charge in [-0.3, -0.25) is 4.79 Å². The van der Waals surface area contributed by atoms with Gasteiger partial charge in [0, 0.05) is 34.7 Å². The van der Waals surface area contributed by atoms with Crippen molar-refractivity contribution in [1.82, 2.24) is 9.88 Å². The number of aromatic amines is 1. The monoisotopic (exact) mass is 308 g/mol. The summed E-state index contributed by atoms with van der Waals surface area (Å²) in [6, 6.07) is 5.97. The van der Waals surface area contributed by atoms with Crippen LogP contribution in [0, 0.1) is 0 Å². The second-order valence-electron chi connectivity index (χ2n) is 4.63. The number of hydrogen-bond acceptors (Lipinski definition) is 2. The zero-order chi connectivity index (χ0) is 12.7. The zero-order valence-electron chi connectivity index (χ0n) is 9.69. The fourth-order valence-corrected chi connectivity index (χ4v) is 2.60. The van der Waals surface area contributed by atoms with Gasteiger partial charge in [0.05, 0.1) is 12.5 Å². The maximum absolute atomic E-state index is 11.9. The molecular weight excluding hydrogens is 296 g/mol. The van der Waals surface area contributed by atoms with E-state index in [1.165, 1.54) is 0 Å². The standard InChI is InChI=1S/C13H13BrN2O2/c14-9-1-2-11-8(5-15-12(11)4-9)3-13(18)16-6-10(17)7-16/h1-2,4-5,10,15,17H,3,6-7H2. The SMILES string of the molecule is O=C(Cc1c[nH]c2cc(Br)ccc12)N1CC(O)C1. The van der Waals surface area contributed by atoms with Gasteiger partial charge in [-0.1, -0.05) is 22.0 Å². The Kier molecular flexibility index (Phi) is 2.87. The van der Waals surface area contributed by atoms with Crippen LogP contribution in [-0.2, 0) is 11.2 Å². The van der Waals surface area contributed by atoms with Crippen molar-refractivity contribution < 1.29 is 9.90 Å². The van der Waals surface area contributed by atoms with Crippen molar-refractivity contribution in [2.45, 2.75) is 12.5 Å². The highest BCUT2D eigenvalue weighted by molar-refractivity contribution is 9.10. The molecule has 5 heteroatoms. The van der Waals surface area contributed by atoms with Gasteiger partial charge in [-0.2, -0.15) is 0 Å². The van der Waals surface area contributed by atoms with Crippen LogP contribution in [0.15, 0.2) is 28.9 Å². The molecule has 0 unspecified atom stereocenters. The number of hydrogen-bond donors (Lipinski definition) is 2. The molecule has 0 radical (unpaired) electrons. The Morgan fingerprint density at radius 2 is 2.28 bits per heavy atom. The van der Waals surface area contributed by atoms with E-state index < -0.39 is 0 Å². The summed E-state index contributed by atoms with van der Waals surface area (Å²) >= 11 is 3.42. The third-order valence-electron chi connectivity index (χ3n) is 3.29. The summed E-state index contributed by atoms with van der Waals surface area (Å²) in [6.07, 6.45) is 1.92. The van der Waals surface area contributed by atoms with E-state index in [0.29, 0.717) is 19.5 Å². The number of rotatable bonds is 2. The van der Waals surface area contributed by atoms with Crippen molar-refractivity contribution in [1.29, 1.82) is 0 Å². The number of H-pyrrole nitrogens is 1. The highest BCUT2D eigenvalue weighted by Crippen LogP contribution is 2.23. The highest BCUT2D eigenvalue weighted by atomic mass is 79.9. The molecule has 0 spiro atoms. The molecule has 4 nitrogen and oxygen atoms in total. The maximum atomic E-state index is 11.9. The van der Waals surface area contributed by atoms with E-state index in [1.807, 2.05) is 24.4 Å². The molecule has 1 amide bonds. The molecule has 0 atom stereocenters. The first-order valence-corrected chi connectivity index (χ1v) is 6.64. The average Bonchev–Trinajstić information content (AvgIpc) is 2.67. The molecule has 1 aliphatic heterocycles. The van der Waals surface area contributed by atoms with Gasteiger partial charge >= 0.3 is 0 Å². The van der Waals surface area contributed by atoms with Crippen LogP contribution >= 0.6 is 15.9 Å². The lowest BCUT2D eigenvalue weighted by Gasteiger charge is -2.35. The normalized spacial score (nSPS) is 16.0. The van der Waals surface area contributed by atoms with Gasteiger partial charge in [0.25, 0.3) is 0 Å². The van der Waals surface area contributed by atoms with Crippen molar-refractivity contribution in [2.24, 2.45) is 0 Å². The molecule has 1 aliphatic rings. The molecule has 2 N–H and O–H groups in total. The summed E-state index contributed by atoms with van der Waals surface area (Å²) < 4.78 is 1.01. The fourth-order valence-electron chi connectivity index (χ4n) is 2.24. The van der Waals surface area contributed by atoms with E-state index >= 15 is 0 Å². The van der Waals surface area contributed by atoms with Crippen molar-refractivity contribution in [2.75, 3.05) is 13.1 Å². The third kappa shape index (κ3) is 2.04. The van der Waals surface area contributed by atoms with Gasteiger partial charge in [-0.05, 0) is 17.7 Å². The van der Waals surface area contributed by atoms with Crippen LogP contribution in [0.4, 0.5) is 0 Å². The van der Waals surface area contributed by atoms with Gasteiger partial charge in [-0.15, -0.1) is 0 Å². The second kappa shape index (κ2) is 4.40. The van der Waals surface area contributed by atoms with E-state index in [9.17, 15) is 9.90 Å². The molecule has 2 aromatic rings. The summed E-state index contributed by atoms with van der Waals surface area (Å²) in [5.41, 5.74) is 2.03. The number of aliphatic hydroxyl groups is 1. The minimum absolute atomic E-state index is 0.0733. The predicted octanol–water partition coefficient (Wildman–Crippen LogP) is 1.68. The number of fused-ring (bicyclic) bond motifs is 1. The number of likely N-dealkylation sites (tertiary alicyclic amines) is 1. The first kappa shape index (κ1) is 11.7. The van der Waals surface area contributed by atoms with E-state index in [4.69, 9.17) is 0 Å². The van der Waals surface area contributed by atoms with Crippen LogP contribution in [0.5, 0.6) is 0 Å². The summed E-state index contributed by atoms with van der Waals surface area (Å²) in [5, 5.41) is 10.3. The minimum atomic E-state index is -0.340. The number of nitrogens with zero attached hydrogens (tertiary/aromatic N) is 1. The van der Waals surface area contributed by atoms with E-state index in [-0.39, 0.29) is 12.0 Å². The van der Waals surface area contributed by atoms with Gasteiger partial charge < -0.3 is 15.0 Å². The largest absolute Gasteiger partial charge is 0.389 e. The Labute approximate surface area is 113 Å². The Balaban J connectivity index is 1.80. The lowest BCUT2D eigenvalue weighted by molar-refractivity contribution is -0.140. The van der Waals surface area contributed by atoms with Crippen LogP contribution in [0.1, 0.15) is 5.56 Å².